The molecule has 0 saturated heterocycles. The molecule has 3 aromatic rings. The van der Waals surface area contributed by atoms with Crippen molar-refractivity contribution in [2.45, 2.75) is 6.61 Å². The average Bonchev–Trinajstić information content (AvgIpc) is 2.66. The van der Waals surface area contributed by atoms with E-state index in [9.17, 15) is 9.90 Å². The molecule has 0 spiro atoms. The molecule has 26 heavy (non-hydrogen) atoms. The van der Waals surface area contributed by atoms with Crippen LogP contribution < -0.4 is 4.74 Å². The van der Waals surface area contributed by atoms with Crippen LogP contribution in [0.3, 0.4) is 0 Å². The molecule has 0 aliphatic carbocycles. The van der Waals surface area contributed by atoms with E-state index < -0.39 is 5.97 Å². The van der Waals surface area contributed by atoms with Crippen LogP contribution in [0.4, 0.5) is 0 Å². The largest absolute Gasteiger partial charge is 0.488 e. The summed E-state index contributed by atoms with van der Waals surface area (Å²) < 4.78 is 6.67. The molecule has 3 nitrogen and oxygen atoms in total. The number of carboxylic acid groups (broad SMARTS) is 1. The Morgan fingerprint density at radius 3 is 2.42 bits per heavy atom. The van der Waals surface area contributed by atoms with Crippen molar-refractivity contribution in [1.29, 1.82) is 0 Å². The van der Waals surface area contributed by atoms with Crippen molar-refractivity contribution in [2.24, 2.45) is 0 Å². The third-order valence-electron chi connectivity index (χ3n) is 3.87. The highest BCUT2D eigenvalue weighted by Crippen LogP contribution is 2.26. The molecule has 0 atom stereocenters. The second kappa shape index (κ2) is 8.50. The number of para-hydroxylation sites is 1. The van der Waals surface area contributed by atoms with Crippen LogP contribution in [0.5, 0.6) is 5.75 Å². The summed E-state index contributed by atoms with van der Waals surface area (Å²) in [6.07, 6.45) is 3.66. The molecular weight excluding hydrogens is 392 g/mol. The summed E-state index contributed by atoms with van der Waals surface area (Å²) in [5, 5.41) is 9.37. The Morgan fingerprint density at radius 2 is 1.65 bits per heavy atom. The molecular formula is C22H17BrO3. The Hall–Kier alpha value is -2.85. The van der Waals surface area contributed by atoms with Gasteiger partial charge in [-0.05, 0) is 23.8 Å². The van der Waals surface area contributed by atoms with Crippen molar-refractivity contribution in [3.05, 3.63) is 99.5 Å². The fourth-order valence-electron chi connectivity index (χ4n) is 2.55. The molecule has 0 aromatic heterocycles. The Bertz CT molecular complexity index is 933. The minimum absolute atomic E-state index is 0.248. The van der Waals surface area contributed by atoms with Crippen LogP contribution in [0.1, 0.15) is 27.0 Å². The van der Waals surface area contributed by atoms with Gasteiger partial charge in [0.15, 0.2) is 0 Å². The number of carbonyl (C=O) groups is 1. The molecule has 0 aliphatic heterocycles. The van der Waals surface area contributed by atoms with E-state index in [4.69, 9.17) is 4.74 Å². The Balaban J connectivity index is 1.85. The lowest BCUT2D eigenvalue weighted by molar-refractivity contribution is 0.0696. The molecule has 1 N–H and O–H groups in total. The maximum Gasteiger partial charge on any atom is 0.336 e. The first-order chi connectivity index (χ1) is 12.6. The van der Waals surface area contributed by atoms with Crippen LogP contribution in [0.2, 0.25) is 0 Å². The van der Waals surface area contributed by atoms with Crippen LogP contribution in [-0.4, -0.2) is 11.1 Å². The van der Waals surface area contributed by atoms with Crippen molar-refractivity contribution in [3.63, 3.8) is 0 Å². The molecule has 0 heterocycles. The van der Waals surface area contributed by atoms with Crippen LogP contribution >= 0.6 is 15.9 Å². The first-order valence-corrected chi connectivity index (χ1v) is 8.90. The number of aromatic carboxylic acids is 1. The highest BCUT2D eigenvalue weighted by atomic mass is 79.9. The molecule has 3 aromatic carbocycles. The molecule has 0 unspecified atom stereocenters. The van der Waals surface area contributed by atoms with Crippen molar-refractivity contribution in [3.8, 4) is 5.75 Å². The summed E-state index contributed by atoms with van der Waals surface area (Å²) in [5.41, 5.74) is 2.84. The molecule has 0 bridgehead atoms. The summed E-state index contributed by atoms with van der Waals surface area (Å²) in [4.78, 5) is 11.4. The monoisotopic (exact) mass is 408 g/mol. The first kappa shape index (κ1) is 18.0. The maximum atomic E-state index is 11.4. The summed E-state index contributed by atoms with van der Waals surface area (Å²) >= 11 is 3.42. The molecule has 0 fully saturated rings. The van der Waals surface area contributed by atoms with Gasteiger partial charge >= 0.3 is 5.97 Å². The van der Waals surface area contributed by atoms with E-state index in [0.29, 0.717) is 12.2 Å². The zero-order valence-corrected chi connectivity index (χ0v) is 15.5. The third kappa shape index (κ3) is 4.41. The van der Waals surface area contributed by atoms with Gasteiger partial charge in [0.25, 0.3) is 0 Å². The third-order valence-corrected chi connectivity index (χ3v) is 4.56. The number of hydrogen-bond donors (Lipinski definition) is 1. The average molecular weight is 409 g/mol. The fourth-order valence-corrected chi connectivity index (χ4v) is 3.05. The lowest BCUT2D eigenvalue weighted by atomic mass is 10.1. The summed E-state index contributed by atoms with van der Waals surface area (Å²) in [6, 6.07) is 22.8. The zero-order chi connectivity index (χ0) is 18.4. The second-order valence-corrected chi connectivity index (χ2v) is 6.51. The number of carboxylic acids is 1. The standard InChI is InChI=1S/C22H17BrO3/c23-20-11-6-10-19(22(24)25)18(20)14-13-17-9-4-5-12-21(17)26-15-16-7-2-1-3-8-16/h1-14H,15H2,(H,24,25)/b14-13-. The Morgan fingerprint density at radius 1 is 0.923 bits per heavy atom. The van der Waals surface area contributed by atoms with Gasteiger partial charge in [0.2, 0.25) is 0 Å². The second-order valence-electron chi connectivity index (χ2n) is 5.65. The number of hydrogen-bond acceptors (Lipinski definition) is 2. The van der Waals surface area contributed by atoms with Crippen LogP contribution in [-0.2, 0) is 6.61 Å². The first-order valence-electron chi connectivity index (χ1n) is 8.11. The van der Waals surface area contributed by atoms with Crippen LogP contribution in [0.25, 0.3) is 12.2 Å². The fraction of sp³-hybridized carbons (Fsp3) is 0.0455. The molecule has 4 heteroatoms. The lowest BCUT2D eigenvalue weighted by Gasteiger charge is -2.10. The van der Waals surface area contributed by atoms with E-state index in [-0.39, 0.29) is 5.56 Å². The summed E-state index contributed by atoms with van der Waals surface area (Å²) in [7, 11) is 0. The predicted molar refractivity (Wildman–Crippen MR) is 107 cm³/mol. The molecule has 0 radical (unpaired) electrons. The van der Waals surface area contributed by atoms with E-state index in [0.717, 1.165) is 21.3 Å². The Labute approximate surface area is 160 Å². The number of halogens is 1. The highest BCUT2D eigenvalue weighted by molar-refractivity contribution is 9.10. The molecule has 3 rings (SSSR count). The number of ether oxygens (including phenoxy) is 1. The molecule has 0 aliphatic rings. The Kier molecular flexibility index (Phi) is 5.87. The van der Waals surface area contributed by atoms with Gasteiger partial charge in [0, 0.05) is 15.6 Å². The normalized spacial score (nSPS) is 10.8. The van der Waals surface area contributed by atoms with Gasteiger partial charge in [0.1, 0.15) is 12.4 Å². The number of rotatable bonds is 6. The van der Waals surface area contributed by atoms with Gasteiger partial charge in [-0.15, -0.1) is 0 Å². The topological polar surface area (TPSA) is 46.5 Å². The van der Waals surface area contributed by atoms with Crippen molar-refractivity contribution < 1.29 is 14.6 Å². The summed E-state index contributed by atoms with van der Waals surface area (Å²) in [5.74, 6) is -0.212. The smallest absolute Gasteiger partial charge is 0.336 e. The van der Waals surface area contributed by atoms with E-state index in [1.807, 2.05) is 66.7 Å². The van der Waals surface area contributed by atoms with Crippen molar-refractivity contribution >= 4 is 34.1 Å². The molecule has 0 amide bonds. The van der Waals surface area contributed by atoms with Gasteiger partial charge < -0.3 is 9.84 Å². The zero-order valence-electron chi connectivity index (χ0n) is 13.9. The van der Waals surface area contributed by atoms with Gasteiger partial charge in [-0.25, -0.2) is 4.79 Å². The maximum absolute atomic E-state index is 11.4. The van der Waals surface area contributed by atoms with Gasteiger partial charge in [0.05, 0.1) is 5.56 Å². The minimum Gasteiger partial charge on any atom is -0.488 e. The minimum atomic E-state index is -0.959. The van der Waals surface area contributed by atoms with Gasteiger partial charge in [-0.3, -0.25) is 0 Å². The number of benzene rings is 3. The van der Waals surface area contributed by atoms with E-state index in [1.165, 1.54) is 0 Å². The predicted octanol–water partition coefficient (Wildman–Crippen LogP) is 5.90. The molecule has 130 valence electrons. The van der Waals surface area contributed by atoms with E-state index in [1.54, 1.807) is 18.2 Å². The van der Waals surface area contributed by atoms with Crippen LogP contribution in [0.15, 0.2) is 77.3 Å². The highest BCUT2D eigenvalue weighted by Gasteiger charge is 2.10. The van der Waals surface area contributed by atoms with Crippen molar-refractivity contribution in [1.82, 2.24) is 0 Å². The SMILES string of the molecule is O=C(O)c1cccc(Br)c1/C=C\c1ccccc1OCc1ccccc1. The lowest BCUT2D eigenvalue weighted by Crippen LogP contribution is -2.00. The van der Waals surface area contributed by atoms with Gasteiger partial charge in [-0.1, -0.05) is 82.7 Å². The van der Waals surface area contributed by atoms with Crippen LogP contribution in [0, 0.1) is 0 Å². The van der Waals surface area contributed by atoms with Gasteiger partial charge in [-0.2, -0.15) is 0 Å². The van der Waals surface area contributed by atoms with E-state index >= 15 is 0 Å². The summed E-state index contributed by atoms with van der Waals surface area (Å²) in [6.45, 7) is 0.473. The van der Waals surface area contributed by atoms with E-state index in [2.05, 4.69) is 15.9 Å². The van der Waals surface area contributed by atoms with Crippen molar-refractivity contribution in [2.75, 3.05) is 0 Å². The molecule has 0 saturated carbocycles. The quantitative estimate of drug-likeness (QED) is 0.516.